The first-order valence-corrected chi connectivity index (χ1v) is 13.7. The summed E-state index contributed by atoms with van der Waals surface area (Å²) in [6.07, 6.45) is 7.49. The van der Waals surface area contributed by atoms with Crippen molar-refractivity contribution < 1.29 is 4.79 Å². The van der Waals surface area contributed by atoms with Crippen molar-refractivity contribution in [2.75, 3.05) is 13.1 Å². The van der Waals surface area contributed by atoms with Crippen LogP contribution in [0.1, 0.15) is 51.3 Å². The highest BCUT2D eigenvalue weighted by Crippen LogP contribution is 2.38. The third-order valence-corrected chi connectivity index (χ3v) is 8.24. The second-order valence-corrected chi connectivity index (χ2v) is 10.5. The van der Waals surface area contributed by atoms with Gasteiger partial charge in [0, 0.05) is 30.5 Å². The maximum absolute atomic E-state index is 13.5. The number of rotatable bonds is 2. The van der Waals surface area contributed by atoms with E-state index in [1.807, 2.05) is 42.2 Å². The van der Waals surface area contributed by atoms with Crippen LogP contribution in [-0.4, -0.2) is 38.4 Å². The zero-order valence-corrected chi connectivity index (χ0v) is 22.1. The summed E-state index contributed by atoms with van der Waals surface area (Å²) in [5.41, 5.74) is 12.0. The maximum atomic E-state index is 13.5. The summed E-state index contributed by atoms with van der Waals surface area (Å²) >= 11 is 0. The second-order valence-electron chi connectivity index (χ2n) is 10.5. The normalized spacial score (nSPS) is 15.2. The Morgan fingerprint density at radius 1 is 0.769 bits per heavy atom. The van der Waals surface area contributed by atoms with Crippen LogP contribution in [-0.2, 0) is 12.8 Å². The Bertz CT molecular complexity index is 1690. The number of carbonyl (C=O) groups is 1. The van der Waals surface area contributed by atoms with Crippen LogP contribution in [0.15, 0.2) is 96.8 Å². The van der Waals surface area contributed by atoms with Crippen molar-refractivity contribution >= 4 is 22.5 Å². The largest absolute Gasteiger partial charge is 0.338 e. The molecular weight excluding hydrogens is 480 g/mol. The Morgan fingerprint density at radius 3 is 2.08 bits per heavy atom. The molecule has 1 fully saturated rings. The molecule has 0 saturated carbocycles. The number of aryl methyl sites for hydroxylation is 3. The van der Waals surface area contributed by atoms with Crippen LogP contribution < -0.4 is 0 Å². The molecule has 5 aromatic rings. The number of piperidine rings is 1. The van der Waals surface area contributed by atoms with Gasteiger partial charge in [0.1, 0.15) is 11.3 Å². The third-order valence-electron chi connectivity index (χ3n) is 8.24. The van der Waals surface area contributed by atoms with Gasteiger partial charge in [0.15, 0.2) is 0 Å². The van der Waals surface area contributed by atoms with Crippen LogP contribution in [0.4, 0.5) is 0 Å². The minimum absolute atomic E-state index is 0.101. The van der Waals surface area contributed by atoms with Crippen molar-refractivity contribution in [2.24, 2.45) is 0 Å². The predicted molar refractivity (Wildman–Crippen MR) is 155 cm³/mol. The van der Waals surface area contributed by atoms with Gasteiger partial charge in [-0.1, -0.05) is 54.1 Å². The molecule has 192 valence electrons. The molecule has 1 amide bonds. The smallest absolute Gasteiger partial charge is 0.253 e. The van der Waals surface area contributed by atoms with Crippen LogP contribution in [0.5, 0.6) is 0 Å². The summed E-state index contributed by atoms with van der Waals surface area (Å²) in [6.45, 7) is 3.47. The molecule has 5 heteroatoms. The average molecular weight is 511 g/mol. The number of hydrogen-bond donors (Lipinski definition) is 0. The topological polar surface area (TPSA) is 51.0 Å². The molecule has 2 aromatic heterocycles. The molecule has 39 heavy (non-hydrogen) atoms. The van der Waals surface area contributed by atoms with Crippen molar-refractivity contribution in [3.63, 3.8) is 0 Å². The molecular formula is C34H30N4O. The Balaban J connectivity index is 1.14. The van der Waals surface area contributed by atoms with Crippen molar-refractivity contribution in [1.82, 2.24) is 19.4 Å². The van der Waals surface area contributed by atoms with E-state index in [4.69, 9.17) is 0 Å². The summed E-state index contributed by atoms with van der Waals surface area (Å²) < 4.78 is 2.10. The quantitative estimate of drug-likeness (QED) is 0.270. The fourth-order valence-corrected chi connectivity index (χ4v) is 6.30. The molecule has 2 aliphatic rings. The van der Waals surface area contributed by atoms with Crippen molar-refractivity contribution in [1.29, 1.82) is 0 Å². The van der Waals surface area contributed by atoms with E-state index >= 15 is 0 Å². The first-order chi connectivity index (χ1) is 19.2. The molecule has 3 heterocycles. The van der Waals surface area contributed by atoms with Crippen LogP contribution in [0.25, 0.3) is 22.3 Å². The van der Waals surface area contributed by atoms with Gasteiger partial charge >= 0.3 is 0 Å². The van der Waals surface area contributed by atoms with Gasteiger partial charge in [0.2, 0.25) is 0 Å². The Labute approximate surface area is 228 Å². The third kappa shape index (κ3) is 4.15. The molecule has 1 aliphatic heterocycles. The van der Waals surface area contributed by atoms with E-state index in [9.17, 15) is 4.79 Å². The average Bonchev–Trinajstić information content (AvgIpc) is 3.23. The number of nitrogens with zero attached hydrogens (tertiary/aromatic N) is 4. The molecule has 0 radical (unpaired) electrons. The number of carbonyl (C=O) groups excluding carboxylic acids is 1. The van der Waals surface area contributed by atoms with Crippen molar-refractivity contribution in [3.05, 3.63) is 130 Å². The number of likely N-dealkylation sites (tertiary alicyclic amines) is 1. The van der Waals surface area contributed by atoms with Crippen molar-refractivity contribution in [3.8, 4) is 5.69 Å². The van der Waals surface area contributed by atoms with E-state index < -0.39 is 0 Å². The Kier molecular flexibility index (Phi) is 5.85. The zero-order valence-electron chi connectivity index (χ0n) is 22.1. The van der Waals surface area contributed by atoms with E-state index in [1.165, 1.54) is 33.4 Å². The first kappa shape index (κ1) is 23.6. The summed E-state index contributed by atoms with van der Waals surface area (Å²) in [7, 11) is 0. The Morgan fingerprint density at radius 2 is 1.41 bits per heavy atom. The monoisotopic (exact) mass is 510 g/mol. The van der Waals surface area contributed by atoms with Crippen molar-refractivity contribution in [2.45, 2.75) is 32.6 Å². The van der Waals surface area contributed by atoms with Crippen LogP contribution in [0.2, 0.25) is 0 Å². The molecule has 0 N–H and O–H groups in total. The molecule has 7 rings (SSSR count). The number of aromatic nitrogens is 3. The molecule has 0 unspecified atom stereocenters. The van der Waals surface area contributed by atoms with Gasteiger partial charge in [0.25, 0.3) is 5.91 Å². The molecule has 1 saturated heterocycles. The molecule has 0 bridgehead atoms. The number of pyridine rings is 1. The van der Waals surface area contributed by atoms with E-state index in [1.54, 1.807) is 12.4 Å². The summed E-state index contributed by atoms with van der Waals surface area (Å²) in [4.78, 5) is 24.3. The number of fused-ring (bicyclic) bond motifs is 3. The zero-order chi connectivity index (χ0) is 26.3. The van der Waals surface area contributed by atoms with Gasteiger partial charge in [-0.25, -0.2) is 4.98 Å². The second kappa shape index (κ2) is 9.66. The lowest BCUT2D eigenvalue weighted by Gasteiger charge is -2.31. The van der Waals surface area contributed by atoms with Gasteiger partial charge in [-0.2, -0.15) is 0 Å². The predicted octanol–water partition coefficient (Wildman–Crippen LogP) is 6.57. The minimum atomic E-state index is 0.101. The number of amides is 1. The lowest BCUT2D eigenvalue weighted by Crippen LogP contribution is -2.36. The van der Waals surface area contributed by atoms with Crippen LogP contribution in [0, 0.1) is 6.92 Å². The first-order valence-electron chi connectivity index (χ1n) is 13.7. The highest BCUT2D eigenvalue weighted by molar-refractivity contribution is 5.95. The lowest BCUT2D eigenvalue weighted by molar-refractivity contribution is 0.0744. The van der Waals surface area contributed by atoms with Gasteiger partial charge in [-0.05, 0) is 90.8 Å². The SMILES string of the molecule is Cc1nc2cnccc2n1-c1ccc(C(=O)N2CCC(=C3c4ccccc4CCc4ccccc43)CC2)cc1. The minimum Gasteiger partial charge on any atom is -0.338 e. The molecule has 0 atom stereocenters. The van der Waals surface area contributed by atoms with Gasteiger partial charge in [-0.15, -0.1) is 0 Å². The molecule has 3 aromatic carbocycles. The summed E-state index contributed by atoms with van der Waals surface area (Å²) in [5, 5.41) is 0. The number of imidazole rings is 1. The maximum Gasteiger partial charge on any atom is 0.253 e. The van der Waals surface area contributed by atoms with Crippen LogP contribution >= 0.6 is 0 Å². The van der Waals surface area contributed by atoms with E-state index in [0.717, 1.165) is 66.9 Å². The molecule has 0 spiro atoms. The summed E-state index contributed by atoms with van der Waals surface area (Å²) in [6, 6.07) is 27.6. The Hall–Kier alpha value is -4.51. The van der Waals surface area contributed by atoms with Gasteiger partial charge in [-0.3, -0.25) is 14.3 Å². The van der Waals surface area contributed by atoms with Gasteiger partial charge < -0.3 is 4.90 Å². The molecule has 5 nitrogen and oxygen atoms in total. The molecule has 1 aliphatic carbocycles. The fraction of sp³-hybridized carbons (Fsp3) is 0.206. The lowest BCUT2D eigenvalue weighted by atomic mass is 9.86. The fourth-order valence-electron chi connectivity index (χ4n) is 6.30. The summed E-state index contributed by atoms with van der Waals surface area (Å²) in [5.74, 6) is 0.999. The van der Waals surface area contributed by atoms with E-state index in [2.05, 4.69) is 63.1 Å². The van der Waals surface area contributed by atoms with Gasteiger partial charge in [0.05, 0.1) is 11.7 Å². The number of benzene rings is 3. The highest BCUT2D eigenvalue weighted by Gasteiger charge is 2.26. The van der Waals surface area contributed by atoms with Crippen LogP contribution in [0.3, 0.4) is 0 Å². The van der Waals surface area contributed by atoms with E-state index in [-0.39, 0.29) is 5.91 Å². The number of hydrogen-bond acceptors (Lipinski definition) is 3. The van der Waals surface area contributed by atoms with E-state index in [0.29, 0.717) is 0 Å². The standard InChI is InChI=1S/C34H30N4O/c1-23-36-31-22-35-19-16-32(31)38(23)28-14-12-27(13-15-28)34(39)37-20-17-26(18-21-37)33-29-8-4-2-6-24(29)10-11-25-7-3-5-9-30(25)33/h2-9,12-16,19,22H,10-11,17-18,20-21H2,1H3. The highest BCUT2D eigenvalue weighted by atomic mass is 16.2.